The first-order chi connectivity index (χ1) is 17.1. The number of allylic oxidation sites excluding steroid dienone is 2. The molecule has 0 atom stereocenters. The number of pyridine rings is 1. The summed E-state index contributed by atoms with van der Waals surface area (Å²) in [6, 6.07) is 12.1. The van der Waals surface area contributed by atoms with E-state index in [1.54, 1.807) is 31.3 Å². The number of aromatic hydroxyl groups is 1. The van der Waals surface area contributed by atoms with Crippen LogP contribution in [0, 0.1) is 24.4 Å². The number of benzene rings is 2. The molecule has 0 bridgehead atoms. The normalized spacial score (nSPS) is 10.8. The number of rotatable bonds is 8. The average Bonchev–Trinajstić information content (AvgIpc) is 2.80. The van der Waals surface area contributed by atoms with E-state index in [-0.39, 0.29) is 30.1 Å². The number of amides is 1. The number of carbonyl (C=O) groups is 1. The van der Waals surface area contributed by atoms with Crippen LogP contribution < -0.4 is 10.6 Å². The summed E-state index contributed by atoms with van der Waals surface area (Å²) in [6.07, 6.45) is 3.88. The third kappa shape index (κ3) is 9.29. The molecule has 0 aliphatic carbocycles. The topological polar surface area (TPSA) is 74.2 Å². The average molecular weight is 498 g/mol. The van der Waals surface area contributed by atoms with Gasteiger partial charge < -0.3 is 15.7 Å². The lowest BCUT2D eigenvalue weighted by molar-refractivity contribution is -0.119. The zero-order valence-electron chi connectivity index (χ0n) is 20.5. The lowest BCUT2D eigenvalue weighted by Gasteiger charge is -2.11. The van der Waals surface area contributed by atoms with Gasteiger partial charge in [0.2, 0.25) is 5.91 Å². The van der Waals surface area contributed by atoms with E-state index in [1.807, 2.05) is 38.1 Å². The van der Waals surface area contributed by atoms with E-state index < -0.39 is 17.5 Å². The number of phenols is 1. The molecule has 1 heterocycles. The zero-order chi connectivity index (χ0) is 26.7. The van der Waals surface area contributed by atoms with Gasteiger partial charge in [-0.05, 0) is 61.7 Å². The van der Waals surface area contributed by atoms with E-state index in [0.29, 0.717) is 30.1 Å². The second kappa shape index (κ2) is 13.7. The Labute approximate surface area is 209 Å². The van der Waals surface area contributed by atoms with E-state index in [0.717, 1.165) is 16.8 Å². The van der Waals surface area contributed by atoms with Gasteiger partial charge in [-0.25, -0.2) is 13.2 Å². The van der Waals surface area contributed by atoms with E-state index in [9.17, 15) is 23.1 Å². The molecule has 2 aromatic carbocycles. The molecule has 0 radical (unpaired) electrons. The van der Waals surface area contributed by atoms with Crippen molar-refractivity contribution >= 4 is 5.91 Å². The van der Waals surface area contributed by atoms with Gasteiger partial charge in [0.1, 0.15) is 23.2 Å². The molecule has 0 saturated heterocycles. The van der Waals surface area contributed by atoms with Gasteiger partial charge in [-0.1, -0.05) is 25.6 Å². The highest BCUT2D eigenvalue weighted by Crippen LogP contribution is 2.16. The van der Waals surface area contributed by atoms with E-state index in [2.05, 4.69) is 22.2 Å². The standard InChI is InChI=1S/C20H23N3O2.C8H7F3/c1-14-7-8-19(24)11-17(14)13-22-15(2)10-16(3)23-20(25)12-18-6-4-5-9-21-18;1-2-6-7(10)3-5(9)4-8(6)11/h4-11,22,24H,3,12-13H2,1-2H3,(H,23,25);3-4H,2H2,1H3/b15-10-;. The minimum atomic E-state index is -0.878. The van der Waals surface area contributed by atoms with Gasteiger partial charge in [0.05, 0.1) is 6.42 Å². The third-order valence-corrected chi connectivity index (χ3v) is 5.11. The highest BCUT2D eigenvalue weighted by molar-refractivity contribution is 5.80. The molecule has 5 nitrogen and oxygen atoms in total. The van der Waals surface area contributed by atoms with Crippen LogP contribution in [0.5, 0.6) is 5.75 Å². The Balaban J connectivity index is 0.000000346. The summed E-state index contributed by atoms with van der Waals surface area (Å²) in [6.45, 7) is 9.94. The monoisotopic (exact) mass is 497 g/mol. The molecule has 3 N–H and O–H groups in total. The molecule has 0 aliphatic rings. The van der Waals surface area contributed by atoms with Crippen molar-refractivity contribution < 1.29 is 23.1 Å². The number of nitrogens with one attached hydrogen (secondary N) is 2. The molecule has 36 heavy (non-hydrogen) atoms. The fourth-order valence-corrected chi connectivity index (χ4v) is 3.23. The summed E-state index contributed by atoms with van der Waals surface area (Å²) in [5.74, 6) is -2.42. The van der Waals surface area contributed by atoms with Gasteiger partial charge in [0.15, 0.2) is 0 Å². The SMILES string of the molecule is C=C(/C=C(/C)NCc1cc(O)ccc1C)NC(=O)Cc1ccccn1.CCc1c(F)cc(F)cc1F. The third-order valence-electron chi connectivity index (χ3n) is 5.11. The summed E-state index contributed by atoms with van der Waals surface area (Å²) in [5, 5.41) is 15.6. The maximum absolute atomic E-state index is 12.6. The van der Waals surface area contributed by atoms with Crippen molar-refractivity contribution in [2.24, 2.45) is 0 Å². The summed E-state index contributed by atoms with van der Waals surface area (Å²) >= 11 is 0. The van der Waals surface area contributed by atoms with Crippen LogP contribution >= 0.6 is 0 Å². The maximum atomic E-state index is 12.6. The van der Waals surface area contributed by atoms with Gasteiger partial charge >= 0.3 is 0 Å². The van der Waals surface area contributed by atoms with Gasteiger partial charge in [0.25, 0.3) is 0 Å². The molecule has 0 fully saturated rings. The van der Waals surface area contributed by atoms with E-state index in [4.69, 9.17) is 0 Å². The number of nitrogens with zero attached hydrogens (tertiary/aromatic N) is 1. The minimum absolute atomic E-state index is 0.0635. The van der Waals surface area contributed by atoms with Crippen LogP contribution in [-0.2, 0) is 24.2 Å². The lowest BCUT2D eigenvalue weighted by atomic mass is 10.1. The molecule has 8 heteroatoms. The van der Waals surface area contributed by atoms with E-state index >= 15 is 0 Å². The molecule has 0 aliphatic heterocycles. The van der Waals surface area contributed by atoms with E-state index in [1.165, 1.54) is 0 Å². The van der Waals surface area contributed by atoms with Crippen molar-refractivity contribution in [2.45, 2.75) is 40.2 Å². The van der Waals surface area contributed by atoms with Crippen LogP contribution in [0.15, 0.2) is 78.8 Å². The second-order valence-corrected chi connectivity index (χ2v) is 8.06. The molecule has 0 unspecified atom stereocenters. The molecule has 0 saturated carbocycles. The summed E-state index contributed by atoms with van der Waals surface area (Å²) in [4.78, 5) is 16.1. The predicted octanol–water partition coefficient (Wildman–Crippen LogP) is 5.63. The first kappa shape index (κ1) is 28.2. The Hall–Kier alpha value is -4.07. The molecule has 0 spiro atoms. The molecule has 1 aromatic heterocycles. The first-order valence-corrected chi connectivity index (χ1v) is 11.3. The number of hydrogen-bond acceptors (Lipinski definition) is 4. The highest BCUT2D eigenvalue weighted by Gasteiger charge is 2.08. The Morgan fingerprint density at radius 1 is 1.11 bits per heavy atom. The Morgan fingerprint density at radius 2 is 1.81 bits per heavy atom. The van der Waals surface area contributed by atoms with Gasteiger partial charge in [-0.2, -0.15) is 0 Å². The Kier molecular flexibility index (Phi) is 10.7. The van der Waals surface area contributed by atoms with Crippen LogP contribution in [0.3, 0.4) is 0 Å². The van der Waals surface area contributed by atoms with Crippen molar-refractivity contribution in [2.75, 3.05) is 0 Å². The van der Waals surface area contributed by atoms with Gasteiger partial charge in [-0.15, -0.1) is 0 Å². The van der Waals surface area contributed by atoms with Crippen molar-refractivity contribution in [1.82, 2.24) is 15.6 Å². The quantitative estimate of drug-likeness (QED) is 0.353. The number of aryl methyl sites for hydroxylation is 1. The maximum Gasteiger partial charge on any atom is 0.230 e. The predicted molar refractivity (Wildman–Crippen MR) is 134 cm³/mol. The molecule has 3 rings (SSSR count). The number of halogens is 3. The fourth-order valence-electron chi connectivity index (χ4n) is 3.23. The van der Waals surface area contributed by atoms with Crippen LogP contribution in [0.1, 0.15) is 36.2 Å². The fraction of sp³-hybridized carbons (Fsp3) is 0.214. The van der Waals surface area contributed by atoms with Crippen molar-refractivity contribution in [3.05, 3.63) is 119 Å². The lowest BCUT2D eigenvalue weighted by Crippen LogP contribution is -2.24. The minimum Gasteiger partial charge on any atom is -0.508 e. The Bertz CT molecular complexity index is 1200. The number of hydrogen-bond donors (Lipinski definition) is 3. The van der Waals surface area contributed by atoms with Crippen LogP contribution in [0.4, 0.5) is 13.2 Å². The van der Waals surface area contributed by atoms with Crippen molar-refractivity contribution in [3.63, 3.8) is 0 Å². The molecule has 3 aromatic rings. The number of aromatic nitrogens is 1. The molecular formula is C28H30F3N3O2. The summed E-state index contributed by atoms with van der Waals surface area (Å²) in [7, 11) is 0. The van der Waals surface area contributed by atoms with Crippen molar-refractivity contribution in [1.29, 1.82) is 0 Å². The second-order valence-electron chi connectivity index (χ2n) is 8.06. The van der Waals surface area contributed by atoms with Crippen molar-refractivity contribution in [3.8, 4) is 5.75 Å². The number of carbonyl (C=O) groups excluding carboxylic acids is 1. The summed E-state index contributed by atoms with van der Waals surface area (Å²) in [5.41, 5.74) is 4.14. The van der Waals surface area contributed by atoms with Crippen LogP contribution in [-0.4, -0.2) is 16.0 Å². The van der Waals surface area contributed by atoms with Gasteiger partial charge in [-0.3, -0.25) is 9.78 Å². The van der Waals surface area contributed by atoms with Crippen LogP contribution in [0.25, 0.3) is 0 Å². The highest BCUT2D eigenvalue weighted by atomic mass is 19.1. The largest absolute Gasteiger partial charge is 0.508 e. The molecule has 190 valence electrons. The first-order valence-electron chi connectivity index (χ1n) is 11.3. The summed E-state index contributed by atoms with van der Waals surface area (Å²) < 4.78 is 37.5. The zero-order valence-corrected chi connectivity index (χ0v) is 20.5. The smallest absolute Gasteiger partial charge is 0.230 e. The molecular weight excluding hydrogens is 467 g/mol. The van der Waals surface area contributed by atoms with Crippen LogP contribution in [0.2, 0.25) is 0 Å². The van der Waals surface area contributed by atoms with Gasteiger partial charge in [0, 0.05) is 47.5 Å². The Morgan fingerprint density at radius 3 is 2.42 bits per heavy atom. The molecule has 1 amide bonds. The number of phenolic OH excluding ortho intramolecular Hbond substituents is 1.